The van der Waals surface area contributed by atoms with Crippen molar-refractivity contribution in [3.63, 3.8) is 0 Å². The highest BCUT2D eigenvalue weighted by Gasteiger charge is 2.13. The van der Waals surface area contributed by atoms with Crippen LogP contribution in [0.5, 0.6) is 5.75 Å². The molecule has 1 aliphatic rings. The third-order valence-corrected chi connectivity index (χ3v) is 4.71. The molecule has 0 amide bonds. The summed E-state index contributed by atoms with van der Waals surface area (Å²) < 4.78 is 6.92. The van der Waals surface area contributed by atoms with E-state index in [-0.39, 0.29) is 6.10 Å². The molecule has 0 radical (unpaired) electrons. The minimum Gasteiger partial charge on any atom is -0.491 e. The van der Waals surface area contributed by atoms with Gasteiger partial charge >= 0.3 is 0 Å². The number of anilines is 1. The highest BCUT2D eigenvalue weighted by Crippen LogP contribution is 2.30. The van der Waals surface area contributed by atoms with Gasteiger partial charge in [-0.3, -0.25) is 0 Å². The fraction of sp³-hybridized carbons (Fsp3) is 0.562. The Kier molecular flexibility index (Phi) is 4.60. The number of hydrogen-bond acceptors (Lipinski definition) is 5. The number of benzene rings is 1. The summed E-state index contributed by atoms with van der Waals surface area (Å²) in [4.78, 5) is 4.65. The van der Waals surface area contributed by atoms with Crippen LogP contribution in [0.4, 0.5) is 5.13 Å². The van der Waals surface area contributed by atoms with Gasteiger partial charge in [-0.1, -0.05) is 11.3 Å². The number of fused-ring (bicyclic) bond motifs is 1. The predicted octanol–water partition coefficient (Wildman–Crippen LogP) is 3.50. The van der Waals surface area contributed by atoms with Crippen LogP contribution in [0.15, 0.2) is 18.2 Å². The number of ether oxygens (including phenoxy) is 1. The number of thiazole rings is 1. The molecule has 0 spiro atoms. The van der Waals surface area contributed by atoms with Gasteiger partial charge in [-0.2, -0.15) is 0 Å². The summed E-state index contributed by atoms with van der Waals surface area (Å²) in [5, 5.41) is 7.92. The van der Waals surface area contributed by atoms with E-state index in [0.29, 0.717) is 0 Å². The molecule has 1 fully saturated rings. The van der Waals surface area contributed by atoms with Crippen molar-refractivity contribution >= 4 is 26.7 Å². The molecule has 0 aliphatic carbocycles. The zero-order chi connectivity index (χ0) is 14.7. The van der Waals surface area contributed by atoms with Gasteiger partial charge in [0, 0.05) is 6.54 Å². The van der Waals surface area contributed by atoms with Gasteiger partial charge in [0.25, 0.3) is 0 Å². The first-order valence-electron chi connectivity index (χ1n) is 7.72. The lowest BCUT2D eigenvalue weighted by Crippen LogP contribution is -2.31. The molecule has 2 heterocycles. The molecule has 1 saturated heterocycles. The number of piperidine rings is 1. The van der Waals surface area contributed by atoms with Gasteiger partial charge in [-0.05, 0) is 63.9 Å². The molecule has 1 aliphatic heterocycles. The summed E-state index contributed by atoms with van der Waals surface area (Å²) >= 11 is 1.71. The average Bonchev–Trinajstić information content (AvgIpc) is 2.88. The van der Waals surface area contributed by atoms with Crippen LogP contribution in [-0.4, -0.2) is 30.7 Å². The number of nitrogens with zero attached hydrogens (tertiary/aromatic N) is 1. The summed E-state index contributed by atoms with van der Waals surface area (Å²) in [6.45, 7) is 7.40. The Bertz CT molecular complexity index is 590. The van der Waals surface area contributed by atoms with E-state index >= 15 is 0 Å². The smallest absolute Gasteiger partial charge is 0.183 e. The Hall–Kier alpha value is -1.33. The molecular weight excluding hydrogens is 282 g/mol. The Labute approximate surface area is 129 Å². The lowest BCUT2D eigenvalue weighted by atomic mass is 9.98. The first-order chi connectivity index (χ1) is 10.2. The van der Waals surface area contributed by atoms with Crippen molar-refractivity contribution < 1.29 is 4.74 Å². The van der Waals surface area contributed by atoms with Crippen molar-refractivity contribution in [2.24, 2.45) is 5.92 Å². The molecule has 0 atom stereocenters. The highest BCUT2D eigenvalue weighted by molar-refractivity contribution is 7.22. The molecule has 114 valence electrons. The Morgan fingerprint density at radius 1 is 1.38 bits per heavy atom. The summed E-state index contributed by atoms with van der Waals surface area (Å²) in [6, 6.07) is 6.13. The van der Waals surface area contributed by atoms with Gasteiger partial charge in [-0.25, -0.2) is 4.98 Å². The molecule has 3 rings (SSSR count). The van der Waals surface area contributed by atoms with Crippen LogP contribution in [-0.2, 0) is 0 Å². The van der Waals surface area contributed by atoms with E-state index in [1.165, 1.54) is 17.5 Å². The molecule has 1 aromatic carbocycles. The van der Waals surface area contributed by atoms with Gasteiger partial charge in [-0.15, -0.1) is 0 Å². The lowest BCUT2D eigenvalue weighted by Gasteiger charge is -2.22. The van der Waals surface area contributed by atoms with E-state index < -0.39 is 0 Å². The lowest BCUT2D eigenvalue weighted by molar-refractivity contribution is 0.243. The van der Waals surface area contributed by atoms with E-state index in [0.717, 1.165) is 41.9 Å². The van der Waals surface area contributed by atoms with E-state index in [2.05, 4.69) is 21.7 Å². The Morgan fingerprint density at radius 2 is 2.19 bits per heavy atom. The zero-order valence-electron chi connectivity index (χ0n) is 12.7. The first-order valence-corrected chi connectivity index (χ1v) is 8.54. The van der Waals surface area contributed by atoms with Crippen molar-refractivity contribution in [2.45, 2.75) is 32.8 Å². The number of aromatic nitrogens is 1. The SMILES string of the molecule is CC(C)Oc1ccc2nc(NCC3CCNCC3)sc2c1. The molecule has 2 aromatic rings. The fourth-order valence-corrected chi connectivity index (χ4v) is 3.54. The normalized spacial score (nSPS) is 16.5. The topological polar surface area (TPSA) is 46.2 Å². The second-order valence-electron chi connectivity index (χ2n) is 5.89. The first kappa shape index (κ1) is 14.6. The van der Waals surface area contributed by atoms with Crippen LogP contribution in [0.3, 0.4) is 0 Å². The minimum atomic E-state index is 0.202. The molecule has 21 heavy (non-hydrogen) atoms. The van der Waals surface area contributed by atoms with Crippen molar-refractivity contribution in [3.8, 4) is 5.75 Å². The van der Waals surface area contributed by atoms with Crippen LogP contribution in [0.2, 0.25) is 0 Å². The second-order valence-corrected chi connectivity index (χ2v) is 6.92. The van der Waals surface area contributed by atoms with E-state index in [1.54, 1.807) is 11.3 Å². The standard InChI is InChI=1S/C16H23N3OS/c1-11(2)20-13-3-4-14-15(9-13)21-16(19-14)18-10-12-5-7-17-8-6-12/h3-4,9,11-12,17H,5-8,10H2,1-2H3,(H,18,19). The Morgan fingerprint density at radius 3 is 2.95 bits per heavy atom. The molecule has 0 saturated carbocycles. The molecule has 0 unspecified atom stereocenters. The van der Waals surface area contributed by atoms with Crippen LogP contribution in [0, 0.1) is 5.92 Å². The van der Waals surface area contributed by atoms with Crippen molar-refractivity contribution in [3.05, 3.63) is 18.2 Å². The Balaban J connectivity index is 1.65. The molecule has 4 nitrogen and oxygen atoms in total. The second kappa shape index (κ2) is 6.62. The van der Waals surface area contributed by atoms with E-state index in [1.807, 2.05) is 26.0 Å². The number of nitrogens with one attached hydrogen (secondary N) is 2. The maximum absolute atomic E-state index is 5.74. The van der Waals surface area contributed by atoms with E-state index in [9.17, 15) is 0 Å². The van der Waals surface area contributed by atoms with Crippen LogP contribution in [0.25, 0.3) is 10.2 Å². The molecule has 1 aromatic heterocycles. The predicted molar refractivity (Wildman–Crippen MR) is 89.5 cm³/mol. The summed E-state index contributed by atoms with van der Waals surface area (Å²) in [5.41, 5.74) is 1.05. The van der Waals surface area contributed by atoms with Gasteiger partial charge in [0.2, 0.25) is 0 Å². The van der Waals surface area contributed by atoms with Crippen LogP contribution in [0.1, 0.15) is 26.7 Å². The van der Waals surface area contributed by atoms with Gasteiger partial charge in [0.05, 0.1) is 16.3 Å². The minimum absolute atomic E-state index is 0.202. The van der Waals surface area contributed by atoms with Gasteiger partial charge in [0.1, 0.15) is 5.75 Å². The molecular formula is C16H23N3OS. The third kappa shape index (κ3) is 3.86. The van der Waals surface area contributed by atoms with Crippen molar-refractivity contribution in [1.82, 2.24) is 10.3 Å². The van der Waals surface area contributed by atoms with Crippen molar-refractivity contribution in [2.75, 3.05) is 25.0 Å². The van der Waals surface area contributed by atoms with Crippen LogP contribution < -0.4 is 15.4 Å². The third-order valence-electron chi connectivity index (χ3n) is 3.73. The quantitative estimate of drug-likeness (QED) is 0.887. The van der Waals surface area contributed by atoms with Crippen LogP contribution >= 0.6 is 11.3 Å². The summed E-state index contributed by atoms with van der Waals surface area (Å²) in [6.07, 6.45) is 2.71. The largest absolute Gasteiger partial charge is 0.491 e. The van der Waals surface area contributed by atoms with Gasteiger partial charge < -0.3 is 15.4 Å². The number of hydrogen-bond donors (Lipinski definition) is 2. The van der Waals surface area contributed by atoms with Crippen molar-refractivity contribution in [1.29, 1.82) is 0 Å². The fourth-order valence-electron chi connectivity index (χ4n) is 2.64. The highest BCUT2D eigenvalue weighted by atomic mass is 32.1. The molecule has 5 heteroatoms. The summed E-state index contributed by atoms with van der Waals surface area (Å²) in [5.74, 6) is 1.68. The monoisotopic (exact) mass is 305 g/mol. The molecule has 0 bridgehead atoms. The van der Waals surface area contributed by atoms with E-state index in [4.69, 9.17) is 4.74 Å². The molecule has 2 N–H and O–H groups in total. The maximum atomic E-state index is 5.74. The van der Waals surface area contributed by atoms with Gasteiger partial charge in [0.15, 0.2) is 5.13 Å². The number of rotatable bonds is 5. The zero-order valence-corrected chi connectivity index (χ0v) is 13.5. The maximum Gasteiger partial charge on any atom is 0.183 e. The summed E-state index contributed by atoms with van der Waals surface area (Å²) in [7, 11) is 0. The average molecular weight is 305 g/mol.